The van der Waals surface area contributed by atoms with Crippen molar-refractivity contribution in [3.8, 4) is 0 Å². The van der Waals surface area contributed by atoms with E-state index < -0.39 is 23.8 Å². The number of benzene rings is 1. The van der Waals surface area contributed by atoms with Gasteiger partial charge in [-0.15, -0.1) is 0 Å². The lowest BCUT2D eigenvalue weighted by Crippen LogP contribution is -2.53. The minimum Gasteiger partial charge on any atom is -0.444 e. The van der Waals surface area contributed by atoms with Gasteiger partial charge in [0.05, 0.1) is 0 Å². The fraction of sp³-hybridized carbons (Fsp3) is 0.710. The SMILES string of the molecule is CCCCCCN(C(=O)C(CC(C)C)NC(=O)OC(C)(C)C)C(C(=O)NCCCCC)c1ccccc1C. The Morgan fingerprint density at radius 2 is 1.58 bits per heavy atom. The van der Waals surface area contributed by atoms with E-state index in [1.54, 1.807) is 25.7 Å². The third kappa shape index (κ3) is 12.3. The molecule has 0 aromatic heterocycles. The summed E-state index contributed by atoms with van der Waals surface area (Å²) in [7, 11) is 0. The van der Waals surface area contributed by atoms with Crippen LogP contribution in [0.2, 0.25) is 0 Å². The highest BCUT2D eigenvalue weighted by Gasteiger charge is 2.36. The van der Waals surface area contributed by atoms with Gasteiger partial charge in [0.25, 0.3) is 0 Å². The van der Waals surface area contributed by atoms with Crippen LogP contribution in [-0.2, 0) is 14.3 Å². The van der Waals surface area contributed by atoms with Gasteiger partial charge in [0, 0.05) is 13.1 Å². The number of unbranched alkanes of at least 4 members (excludes halogenated alkanes) is 5. The van der Waals surface area contributed by atoms with Crippen LogP contribution in [0.1, 0.15) is 117 Å². The summed E-state index contributed by atoms with van der Waals surface area (Å²) in [6, 6.07) is 6.17. The molecule has 7 heteroatoms. The van der Waals surface area contributed by atoms with Crippen LogP contribution in [0.25, 0.3) is 0 Å². The highest BCUT2D eigenvalue weighted by atomic mass is 16.6. The molecule has 3 amide bonds. The van der Waals surface area contributed by atoms with Crippen LogP contribution >= 0.6 is 0 Å². The predicted molar refractivity (Wildman–Crippen MR) is 155 cm³/mol. The van der Waals surface area contributed by atoms with Gasteiger partial charge in [0.15, 0.2) is 0 Å². The van der Waals surface area contributed by atoms with Gasteiger partial charge in [-0.2, -0.15) is 0 Å². The number of hydrogen-bond donors (Lipinski definition) is 2. The van der Waals surface area contributed by atoms with Crippen LogP contribution in [0.3, 0.4) is 0 Å². The van der Waals surface area contributed by atoms with Gasteiger partial charge in [-0.3, -0.25) is 9.59 Å². The van der Waals surface area contributed by atoms with E-state index in [2.05, 4.69) is 24.5 Å². The van der Waals surface area contributed by atoms with Crippen LogP contribution in [0.5, 0.6) is 0 Å². The van der Waals surface area contributed by atoms with Crippen molar-refractivity contribution < 1.29 is 19.1 Å². The van der Waals surface area contributed by atoms with Crippen molar-refractivity contribution in [2.75, 3.05) is 13.1 Å². The van der Waals surface area contributed by atoms with Crippen molar-refractivity contribution in [1.29, 1.82) is 0 Å². The van der Waals surface area contributed by atoms with E-state index in [1.165, 1.54) is 0 Å². The molecule has 38 heavy (non-hydrogen) atoms. The van der Waals surface area contributed by atoms with E-state index >= 15 is 0 Å². The highest BCUT2D eigenvalue weighted by Crippen LogP contribution is 2.27. The van der Waals surface area contributed by atoms with Crippen molar-refractivity contribution in [2.24, 2.45) is 5.92 Å². The molecule has 0 radical (unpaired) electrons. The Bertz CT molecular complexity index is 863. The number of alkyl carbamates (subject to hydrolysis) is 1. The standard InChI is InChI=1S/C31H53N3O4/c1-9-11-13-17-21-34(29(36)26(22-23(3)4)33-30(37)38-31(6,7)8)27(25-19-15-14-18-24(25)5)28(35)32-20-16-12-10-2/h14-15,18-19,23,26-27H,9-13,16-17,20-22H2,1-8H3,(H,32,35)(H,33,37). The lowest BCUT2D eigenvalue weighted by molar-refractivity contribution is -0.143. The molecule has 2 atom stereocenters. The van der Waals surface area contributed by atoms with Gasteiger partial charge in [-0.25, -0.2) is 4.79 Å². The fourth-order valence-corrected chi connectivity index (χ4v) is 4.45. The van der Waals surface area contributed by atoms with Crippen LogP contribution in [-0.4, -0.2) is 47.5 Å². The zero-order valence-electron chi connectivity index (χ0n) is 25.2. The molecule has 216 valence electrons. The molecule has 0 bridgehead atoms. The van der Waals surface area contributed by atoms with Crippen molar-refractivity contribution in [3.05, 3.63) is 35.4 Å². The number of hydrogen-bond acceptors (Lipinski definition) is 4. The minimum absolute atomic E-state index is 0.153. The van der Waals surface area contributed by atoms with E-state index in [9.17, 15) is 14.4 Å². The Labute approximate surface area is 231 Å². The Kier molecular flexibility index (Phi) is 15.1. The van der Waals surface area contributed by atoms with Crippen molar-refractivity contribution in [1.82, 2.24) is 15.5 Å². The number of carbonyl (C=O) groups is 3. The van der Waals surface area contributed by atoms with E-state index in [0.29, 0.717) is 19.5 Å². The molecule has 0 saturated heterocycles. The monoisotopic (exact) mass is 531 g/mol. The first kappa shape index (κ1) is 33.5. The first-order valence-corrected chi connectivity index (χ1v) is 14.5. The molecule has 0 saturated carbocycles. The molecular formula is C31H53N3O4. The Balaban J connectivity index is 3.44. The third-order valence-corrected chi connectivity index (χ3v) is 6.35. The van der Waals surface area contributed by atoms with Crippen molar-refractivity contribution in [2.45, 2.75) is 124 Å². The summed E-state index contributed by atoms with van der Waals surface area (Å²) in [6.45, 7) is 16.7. The fourth-order valence-electron chi connectivity index (χ4n) is 4.45. The van der Waals surface area contributed by atoms with E-state index in [1.807, 2.05) is 45.0 Å². The molecule has 1 aromatic rings. The molecule has 2 unspecified atom stereocenters. The average molecular weight is 532 g/mol. The lowest BCUT2D eigenvalue weighted by atomic mass is 9.96. The zero-order chi connectivity index (χ0) is 28.7. The molecule has 0 aliphatic heterocycles. The van der Waals surface area contributed by atoms with Crippen molar-refractivity contribution >= 4 is 17.9 Å². The first-order valence-electron chi connectivity index (χ1n) is 14.5. The number of aryl methyl sites for hydroxylation is 1. The Morgan fingerprint density at radius 3 is 2.16 bits per heavy atom. The summed E-state index contributed by atoms with van der Waals surface area (Å²) in [4.78, 5) is 42.4. The van der Waals surface area contributed by atoms with Crippen LogP contribution in [0.15, 0.2) is 24.3 Å². The summed E-state index contributed by atoms with van der Waals surface area (Å²) >= 11 is 0. The molecule has 1 aromatic carbocycles. The minimum atomic E-state index is -0.796. The van der Waals surface area contributed by atoms with Gasteiger partial charge < -0.3 is 20.3 Å². The largest absolute Gasteiger partial charge is 0.444 e. The summed E-state index contributed by atoms with van der Waals surface area (Å²) in [5.41, 5.74) is 1.08. The smallest absolute Gasteiger partial charge is 0.408 e. The summed E-state index contributed by atoms with van der Waals surface area (Å²) < 4.78 is 5.48. The first-order chi connectivity index (χ1) is 17.9. The maximum Gasteiger partial charge on any atom is 0.408 e. The Morgan fingerprint density at radius 1 is 0.947 bits per heavy atom. The number of rotatable bonds is 16. The number of carbonyl (C=O) groups excluding carboxylic acids is 3. The maximum atomic E-state index is 14.2. The van der Waals surface area contributed by atoms with E-state index in [4.69, 9.17) is 4.74 Å². The number of nitrogens with one attached hydrogen (secondary N) is 2. The van der Waals surface area contributed by atoms with Gasteiger partial charge in [0.2, 0.25) is 11.8 Å². The average Bonchev–Trinajstić information content (AvgIpc) is 2.82. The normalized spacial score (nSPS) is 13.1. The quantitative estimate of drug-likeness (QED) is 0.233. The second-order valence-electron chi connectivity index (χ2n) is 11.7. The van der Waals surface area contributed by atoms with Crippen molar-refractivity contribution in [3.63, 3.8) is 0 Å². The summed E-state index contributed by atoms with van der Waals surface area (Å²) in [5.74, 6) is -0.279. The predicted octanol–water partition coefficient (Wildman–Crippen LogP) is 6.69. The molecule has 0 fully saturated rings. The molecule has 1 rings (SSSR count). The molecule has 0 aliphatic carbocycles. The lowest BCUT2D eigenvalue weighted by Gasteiger charge is -2.35. The highest BCUT2D eigenvalue weighted by molar-refractivity contribution is 5.92. The number of nitrogens with zero attached hydrogens (tertiary/aromatic N) is 1. The number of ether oxygens (including phenoxy) is 1. The molecule has 0 spiro atoms. The molecule has 7 nitrogen and oxygen atoms in total. The van der Waals surface area contributed by atoms with Gasteiger partial charge >= 0.3 is 6.09 Å². The van der Waals surface area contributed by atoms with E-state index in [-0.39, 0.29) is 17.7 Å². The van der Waals surface area contributed by atoms with Crippen LogP contribution in [0, 0.1) is 12.8 Å². The molecular weight excluding hydrogens is 478 g/mol. The molecule has 0 aliphatic rings. The zero-order valence-corrected chi connectivity index (χ0v) is 25.2. The van der Waals surface area contributed by atoms with E-state index in [0.717, 1.165) is 56.1 Å². The molecule has 2 N–H and O–H groups in total. The second kappa shape index (κ2) is 17.1. The second-order valence-corrected chi connectivity index (χ2v) is 11.7. The van der Waals surface area contributed by atoms with Gasteiger partial charge in [-0.1, -0.05) is 84.1 Å². The van der Waals surface area contributed by atoms with Crippen LogP contribution < -0.4 is 10.6 Å². The van der Waals surface area contributed by atoms with Crippen LogP contribution in [0.4, 0.5) is 4.79 Å². The topological polar surface area (TPSA) is 87.7 Å². The number of amides is 3. The Hall–Kier alpha value is -2.57. The maximum absolute atomic E-state index is 14.2. The summed E-state index contributed by atoms with van der Waals surface area (Å²) in [6.07, 6.45) is 6.69. The summed E-state index contributed by atoms with van der Waals surface area (Å²) in [5, 5.41) is 5.91. The third-order valence-electron chi connectivity index (χ3n) is 6.35. The van der Waals surface area contributed by atoms with Gasteiger partial charge in [0.1, 0.15) is 17.7 Å². The van der Waals surface area contributed by atoms with Gasteiger partial charge in [-0.05, 0) is 64.0 Å². The molecule has 0 heterocycles.